The molecule has 2 heterocycles. The molecule has 0 aromatic carbocycles. The van der Waals surface area contributed by atoms with Crippen molar-refractivity contribution in [2.24, 2.45) is 0 Å². The Morgan fingerprint density at radius 2 is 2.17 bits per heavy atom. The lowest BCUT2D eigenvalue weighted by molar-refractivity contribution is 0.0846. The van der Waals surface area contributed by atoms with Gasteiger partial charge in [-0.2, -0.15) is 0 Å². The van der Waals surface area contributed by atoms with Gasteiger partial charge in [0.25, 0.3) is 0 Å². The molecule has 3 nitrogen and oxygen atoms in total. The predicted molar refractivity (Wildman–Crippen MR) is 48.8 cm³/mol. The van der Waals surface area contributed by atoms with Crippen LogP contribution in [0, 0.1) is 4.77 Å². The second-order valence-electron chi connectivity index (χ2n) is 3.08. The lowest BCUT2D eigenvalue weighted by atomic mass is 9.97. The van der Waals surface area contributed by atoms with Gasteiger partial charge >= 0.3 is 0 Å². The summed E-state index contributed by atoms with van der Waals surface area (Å²) in [4.78, 5) is 6.13. The summed E-state index contributed by atoms with van der Waals surface area (Å²) in [6, 6.07) is 0. The van der Waals surface area contributed by atoms with Gasteiger partial charge in [-0.25, -0.2) is 0 Å². The van der Waals surface area contributed by atoms with E-state index in [1.54, 1.807) is 0 Å². The quantitative estimate of drug-likeness (QED) is 0.655. The van der Waals surface area contributed by atoms with Crippen LogP contribution in [0.25, 0.3) is 0 Å². The SMILES string of the molecule is S=c1[nH]cc(C2CCOCC2)[nH]1. The predicted octanol–water partition coefficient (Wildman–Crippen LogP) is 1.97. The van der Waals surface area contributed by atoms with Gasteiger partial charge in [-0.1, -0.05) is 0 Å². The molecule has 1 aromatic rings. The summed E-state index contributed by atoms with van der Waals surface area (Å²) in [6.45, 7) is 1.74. The van der Waals surface area contributed by atoms with E-state index in [1.807, 2.05) is 6.20 Å². The van der Waals surface area contributed by atoms with Crippen molar-refractivity contribution in [1.29, 1.82) is 0 Å². The highest BCUT2D eigenvalue weighted by Crippen LogP contribution is 2.24. The number of hydrogen-bond donors (Lipinski definition) is 2. The van der Waals surface area contributed by atoms with Crippen LogP contribution in [-0.2, 0) is 4.74 Å². The molecule has 1 aromatic heterocycles. The lowest BCUT2D eigenvalue weighted by Gasteiger charge is -2.20. The number of aromatic nitrogens is 2. The zero-order chi connectivity index (χ0) is 8.39. The first-order chi connectivity index (χ1) is 5.86. The van der Waals surface area contributed by atoms with Crippen LogP contribution in [0.15, 0.2) is 6.20 Å². The molecule has 1 aliphatic heterocycles. The van der Waals surface area contributed by atoms with E-state index in [1.165, 1.54) is 5.69 Å². The van der Waals surface area contributed by atoms with Crippen molar-refractivity contribution in [3.63, 3.8) is 0 Å². The molecule has 0 spiro atoms. The van der Waals surface area contributed by atoms with Gasteiger partial charge in [0.15, 0.2) is 4.77 Å². The first-order valence-corrected chi connectivity index (χ1v) is 4.62. The van der Waals surface area contributed by atoms with Gasteiger partial charge in [-0.3, -0.25) is 0 Å². The van der Waals surface area contributed by atoms with Crippen molar-refractivity contribution in [3.8, 4) is 0 Å². The summed E-state index contributed by atoms with van der Waals surface area (Å²) in [7, 11) is 0. The molecule has 2 rings (SSSR count). The highest BCUT2D eigenvalue weighted by Gasteiger charge is 2.16. The van der Waals surface area contributed by atoms with Crippen molar-refractivity contribution in [2.45, 2.75) is 18.8 Å². The molecule has 1 saturated heterocycles. The highest BCUT2D eigenvalue weighted by molar-refractivity contribution is 7.71. The second kappa shape index (κ2) is 3.41. The number of ether oxygens (including phenoxy) is 1. The maximum Gasteiger partial charge on any atom is 0.174 e. The molecule has 12 heavy (non-hydrogen) atoms. The Hall–Kier alpha value is -0.610. The van der Waals surface area contributed by atoms with E-state index in [0.29, 0.717) is 5.92 Å². The Morgan fingerprint density at radius 3 is 2.75 bits per heavy atom. The van der Waals surface area contributed by atoms with Crippen LogP contribution in [0.1, 0.15) is 24.5 Å². The second-order valence-corrected chi connectivity index (χ2v) is 3.49. The number of nitrogens with one attached hydrogen (secondary N) is 2. The van der Waals surface area contributed by atoms with Crippen LogP contribution in [0.2, 0.25) is 0 Å². The van der Waals surface area contributed by atoms with Crippen molar-refractivity contribution in [3.05, 3.63) is 16.7 Å². The highest BCUT2D eigenvalue weighted by atomic mass is 32.1. The largest absolute Gasteiger partial charge is 0.381 e. The topological polar surface area (TPSA) is 40.8 Å². The maximum atomic E-state index is 5.28. The number of H-pyrrole nitrogens is 2. The van der Waals surface area contributed by atoms with Crippen LogP contribution < -0.4 is 0 Å². The van der Waals surface area contributed by atoms with Crippen molar-refractivity contribution < 1.29 is 4.74 Å². The van der Waals surface area contributed by atoms with Crippen LogP contribution in [-0.4, -0.2) is 23.2 Å². The number of imidazole rings is 1. The molecule has 0 bridgehead atoms. The number of rotatable bonds is 1. The standard InChI is InChI=1S/C8H12N2OS/c12-8-9-5-7(10-8)6-1-3-11-4-2-6/h5-6H,1-4H2,(H2,9,10,12). The summed E-state index contributed by atoms with van der Waals surface area (Å²) < 4.78 is 6.00. The third-order valence-electron chi connectivity index (χ3n) is 2.28. The first-order valence-electron chi connectivity index (χ1n) is 4.21. The molecular formula is C8H12N2OS. The molecule has 0 radical (unpaired) electrons. The minimum absolute atomic E-state index is 0.603. The summed E-state index contributed by atoms with van der Waals surface area (Å²) >= 11 is 4.96. The Labute approximate surface area is 76.2 Å². The van der Waals surface area contributed by atoms with Gasteiger partial charge in [-0.05, 0) is 25.1 Å². The van der Waals surface area contributed by atoms with Gasteiger partial charge in [0.1, 0.15) is 0 Å². The molecule has 2 N–H and O–H groups in total. The third-order valence-corrected chi connectivity index (χ3v) is 2.50. The molecule has 0 amide bonds. The Balaban J connectivity index is 2.13. The fourth-order valence-electron chi connectivity index (χ4n) is 1.58. The van der Waals surface area contributed by atoms with Gasteiger partial charge in [-0.15, -0.1) is 0 Å². The zero-order valence-corrected chi connectivity index (χ0v) is 7.62. The van der Waals surface area contributed by atoms with E-state index in [9.17, 15) is 0 Å². The molecule has 1 fully saturated rings. The summed E-state index contributed by atoms with van der Waals surface area (Å²) in [5.74, 6) is 0.603. The van der Waals surface area contributed by atoms with Crippen LogP contribution >= 0.6 is 12.2 Å². The molecule has 66 valence electrons. The van der Waals surface area contributed by atoms with Gasteiger partial charge in [0.2, 0.25) is 0 Å². The number of aromatic amines is 2. The summed E-state index contributed by atoms with van der Waals surface area (Å²) in [6.07, 6.45) is 4.17. The van der Waals surface area contributed by atoms with Crippen LogP contribution in [0.5, 0.6) is 0 Å². The van der Waals surface area contributed by atoms with Crippen LogP contribution in [0.4, 0.5) is 0 Å². The van der Waals surface area contributed by atoms with E-state index in [-0.39, 0.29) is 0 Å². The normalized spacial score (nSPS) is 19.7. The molecule has 0 aliphatic carbocycles. The van der Waals surface area contributed by atoms with Crippen LogP contribution in [0.3, 0.4) is 0 Å². The Morgan fingerprint density at radius 1 is 1.42 bits per heavy atom. The molecule has 0 saturated carbocycles. The minimum Gasteiger partial charge on any atom is -0.381 e. The Bertz CT molecular complexity index is 298. The van der Waals surface area contributed by atoms with Crippen molar-refractivity contribution >= 4 is 12.2 Å². The average molecular weight is 184 g/mol. The van der Waals surface area contributed by atoms with Crippen molar-refractivity contribution in [1.82, 2.24) is 9.97 Å². The van der Waals surface area contributed by atoms with Gasteiger partial charge in [0, 0.05) is 31.0 Å². The van der Waals surface area contributed by atoms with E-state index in [4.69, 9.17) is 17.0 Å². The molecule has 0 atom stereocenters. The fraction of sp³-hybridized carbons (Fsp3) is 0.625. The van der Waals surface area contributed by atoms with Gasteiger partial charge < -0.3 is 14.7 Å². The molecule has 1 aliphatic rings. The summed E-state index contributed by atoms with van der Waals surface area (Å²) in [5.41, 5.74) is 1.23. The first kappa shape index (κ1) is 8.01. The monoisotopic (exact) mass is 184 g/mol. The third kappa shape index (κ3) is 1.59. The average Bonchev–Trinajstić information content (AvgIpc) is 2.54. The molecular weight excluding hydrogens is 172 g/mol. The summed E-state index contributed by atoms with van der Waals surface area (Å²) in [5, 5.41) is 0. The van der Waals surface area contributed by atoms with E-state index in [2.05, 4.69) is 9.97 Å². The molecule has 0 unspecified atom stereocenters. The minimum atomic E-state index is 0.603. The van der Waals surface area contributed by atoms with E-state index in [0.717, 1.165) is 30.8 Å². The van der Waals surface area contributed by atoms with E-state index < -0.39 is 0 Å². The zero-order valence-electron chi connectivity index (χ0n) is 6.80. The maximum absolute atomic E-state index is 5.28. The number of hydrogen-bond acceptors (Lipinski definition) is 2. The van der Waals surface area contributed by atoms with Gasteiger partial charge in [0.05, 0.1) is 0 Å². The smallest absolute Gasteiger partial charge is 0.174 e. The fourth-order valence-corrected chi connectivity index (χ4v) is 1.75. The van der Waals surface area contributed by atoms with Crippen molar-refractivity contribution in [2.75, 3.05) is 13.2 Å². The lowest BCUT2D eigenvalue weighted by Crippen LogP contribution is -2.14. The molecule has 4 heteroatoms. The van der Waals surface area contributed by atoms with E-state index >= 15 is 0 Å². The Kier molecular flexibility index (Phi) is 2.28.